The molecule has 3 nitrogen and oxygen atoms in total. The van der Waals surface area contributed by atoms with Gasteiger partial charge < -0.3 is 4.90 Å². The van der Waals surface area contributed by atoms with Crippen LogP contribution >= 0.6 is 0 Å². The van der Waals surface area contributed by atoms with Gasteiger partial charge in [0.2, 0.25) is 5.91 Å². The molecule has 0 bridgehead atoms. The van der Waals surface area contributed by atoms with Crippen LogP contribution in [0.4, 0.5) is 0 Å². The molecule has 2 fully saturated rings. The average Bonchev–Trinajstić information content (AvgIpc) is 2.86. The number of carbonyl (C=O) groups excluding carboxylic acids is 1. The number of aryl methyl sites for hydroxylation is 1. The Morgan fingerprint density at radius 1 is 1.00 bits per heavy atom. The van der Waals surface area contributed by atoms with E-state index in [0.29, 0.717) is 5.91 Å². The molecule has 2 aliphatic heterocycles. The molecule has 2 aliphatic rings. The molecule has 1 amide bonds. The Morgan fingerprint density at radius 3 is 2.39 bits per heavy atom. The number of hydrogen-bond donors (Lipinski definition) is 0. The van der Waals surface area contributed by atoms with E-state index in [4.69, 9.17) is 0 Å². The summed E-state index contributed by atoms with van der Waals surface area (Å²) in [4.78, 5) is 17.5. The molecule has 0 aliphatic carbocycles. The lowest BCUT2D eigenvalue weighted by Gasteiger charge is -2.34. The predicted octanol–water partition coefficient (Wildman–Crippen LogP) is 3.61. The van der Waals surface area contributed by atoms with Crippen molar-refractivity contribution in [2.45, 2.75) is 52.0 Å². The van der Waals surface area contributed by atoms with E-state index >= 15 is 0 Å². The highest BCUT2D eigenvalue weighted by atomic mass is 16.2. The first-order valence-electron chi connectivity index (χ1n) is 9.29. The molecule has 3 rings (SSSR count). The van der Waals surface area contributed by atoms with Gasteiger partial charge in [-0.05, 0) is 44.7 Å². The fourth-order valence-corrected chi connectivity index (χ4v) is 3.90. The summed E-state index contributed by atoms with van der Waals surface area (Å²) >= 11 is 0. The van der Waals surface area contributed by atoms with Gasteiger partial charge in [-0.15, -0.1) is 0 Å². The molecule has 0 aromatic heterocycles. The molecule has 1 aromatic carbocycles. The lowest BCUT2D eigenvalue weighted by atomic mass is 9.96. The van der Waals surface area contributed by atoms with Crippen LogP contribution in [0.25, 0.3) is 0 Å². The normalized spacial score (nSPS) is 23.5. The maximum absolute atomic E-state index is 12.8. The number of likely N-dealkylation sites (tertiary alicyclic amines) is 2. The van der Waals surface area contributed by atoms with Crippen molar-refractivity contribution < 1.29 is 4.79 Å². The standard InChI is InChI=1S/C20H30N2O/c1-17-8-10-18(11-9-17)15-21-12-6-7-19(16-21)20(23)22-13-4-2-3-5-14-22/h8-11,19H,2-7,12-16H2,1H3/t19-/m1/s1. The summed E-state index contributed by atoms with van der Waals surface area (Å²) in [6, 6.07) is 8.80. The summed E-state index contributed by atoms with van der Waals surface area (Å²) in [5.74, 6) is 0.632. The van der Waals surface area contributed by atoms with E-state index in [1.165, 1.54) is 36.8 Å². The number of benzene rings is 1. The number of amides is 1. The monoisotopic (exact) mass is 314 g/mol. The Balaban J connectivity index is 1.56. The Hall–Kier alpha value is -1.35. The highest BCUT2D eigenvalue weighted by Crippen LogP contribution is 2.22. The fraction of sp³-hybridized carbons (Fsp3) is 0.650. The average molecular weight is 314 g/mol. The number of carbonyl (C=O) groups is 1. The van der Waals surface area contributed by atoms with Crippen LogP contribution in [0.15, 0.2) is 24.3 Å². The van der Waals surface area contributed by atoms with Crippen molar-refractivity contribution in [2.24, 2.45) is 5.92 Å². The third-order valence-corrected chi connectivity index (χ3v) is 5.30. The first-order chi connectivity index (χ1) is 11.2. The van der Waals surface area contributed by atoms with E-state index in [1.54, 1.807) is 0 Å². The minimum atomic E-state index is 0.215. The molecule has 0 spiro atoms. The zero-order valence-corrected chi connectivity index (χ0v) is 14.5. The van der Waals surface area contributed by atoms with Crippen LogP contribution in [0.2, 0.25) is 0 Å². The smallest absolute Gasteiger partial charge is 0.226 e. The summed E-state index contributed by atoms with van der Waals surface area (Å²) in [6.45, 7) is 7.12. The SMILES string of the molecule is Cc1ccc(CN2CCC[C@@H](C(=O)N3CCCCCC3)C2)cc1. The number of piperidine rings is 1. The highest BCUT2D eigenvalue weighted by Gasteiger charge is 2.29. The zero-order chi connectivity index (χ0) is 16.1. The van der Waals surface area contributed by atoms with Gasteiger partial charge in [0, 0.05) is 26.2 Å². The molecule has 23 heavy (non-hydrogen) atoms. The first kappa shape index (κ1) is 16.5. The Labute approximate surface area is 140 Å². The molecular formula is C20H30N2O. The summed E-state index contributed by atoms with van der Waals surface area (Å²) in [5, 5.41) is 0. The Bertz CT molecular complexity index is 503. The van der Waals surface area contributed by atoms with Crippen molar-refractivity contribution in [3.05, 3.63) is 35.4 Å². The van der Waals surface area contributed by atoms with Gasteiger partial charge in [0.1, 0.15) is 0 Å². The topological polar surface area (TPSA) is 23.6 Å². The van der Waals surface area contributed by atoms with Gasteiger partial charge in [0.25, 0.3) is 0 Å². The molecule has 1 aromatic rings. The quantitative estimate of drug-likeness (QED) is 0.851. The van der Waals surface area contributed by atoms with Gasteiger partial charge in [-0.2, -0.15) is 0 Å². The molecule has 1 atom stereocenters. The molecule has 3 heteroatoms. The number of nitrogens with zero attached hydrogens (tertiary/aromatic N) is 2. The van der Waals surface area contributed by atoms with Crippen molar-refractivity contribution in [3.8, 4) is 0 Å². The van der Waals surface area contributed by atoms with Gasteiger partial charge in [0.15, 0.2) is 0 Å². The van der Waals surface area contributed by atoms with Crippen LogP contribution in [0.5, 0.6) is 0 Å². The molecule has 0 saturated carbocycles. The first-order valence-corrected chi connectivity index (χ1v) is 9.29. The van der Waals surface area contributed by atoms with Crippen LogP contribution in [-0.4, -0.2) is 41.9 Å². The summed E-state index contributed by atoms with van der Waals surface area (Å²) in [7, 11) is 0. The van der Waals surface area contributed by atoms with Crippen molar-refractivity contribution in [2.75, 3.05) is 26.2 Å². The van der Waals surface area contributed by atoms with Gasteiger partial charge >= 0.3 is 0 Å². The largest absolute Gasteiger partial charge is 0.342 e. The number of rotatable bonds is 3. The Morgan fingerprint density at radius 2 is 1.70 bits per heavy atom. The maximum atomic E-state index is 12.8. The minimum Gasteiger partial charge on any atom is -0.342 e. The van der Waals surface area contributed by atoms with E-state index in [9.17, 15) is 4.79 Å². The van der Waals surface area contributed by atoms with Crippen LogP contribution in [0.3, 0.4) is 0 Å². The van der Waals surface area contributed by atoms with Gasteiger partial charge in [-0.1, -0.05) is 42.7 Å². The fourth-order valence-electron chi connectivity index (χ4n) is 3.90. The summed E-state index contributed by atoms with van der Waals surface area (Å²) in [6.07, 6.45) is 7.16. The minimum absolute atomic E-state index is 0.215. The summed E-state index contributed by atoms with van der Waals surface area (Å²) in [5.41, 5.74) is 2.67. The second kappa shape index (κ2) is 7.96. The van der Waals surface area contributed by atoms with E-state index in [0.717, 1.165) is 45.6 Å². The van der Waals surface area contributed by atoms with Crippen LogP contribution in [-0.2, 0) is 11.3 Å². The predicted molar refractivity (Wildman–Crippen MR) is 94.2 cm³/mol. The second-order valence-corrected chi connectivity index (χ2v) is 7.30. The van der Waals surface area contributed by atoms with E-state index in [-0.39, 0.29) is 5.92 Å². The van der Waals surface area contributed by atoms with Crippen LogP contribution in [0, 0.1) is 12.8 Å². The van der Waals surface area contributed by atoms with Gasteiger partial charge in [0.05, 0.1) is 5.92 Å². The molecule has 2 saturated heterocycles. The van der Waals surface area contributed by atoms with Crippen LogP contribution < -0.4 is 0 Å². The molecular weight excluding hydrogens is 284 g/mol. The lowest BCUT2D eigenvalue weighted by molar-refractivity contribution is -0.137. The number of hydrogen-bond acceptors (Lipinski definition) is 2. The molecule has 0 N–H and O–H groups in total. The molecule has 0 radical (unpaired) electrons. The Kier molecular flexibility index (Phi) is 5.71. The summed E-state index contributed by atoms with van der Waals surface area (Å²) < 4.78 is 0. The van der Waals surface area contributed by atoms with Crippen molar-refractivity contribution in [1.82, 2.24) is 9.80 Å². The van der Waals surface area contributed by atoms with Gasteiger partial charge in [-0.25, -0.2) is 0 Å². The second-order valence-electron chi connectivity index (χ2n) is 7.30. The van der Waals surface area contributed by atoms with Crippen molar-refractivity contribution in [1.29, 1.82) is 0 Å². The molecule has 126 valence electrons. The van der Waals surface area contributed by atoms with Crippen LogP contribution in [0.1, 0.15) is 49.7 Å². The van der Waals surface area contributed by atoms with Crippen molar-refractivity contribution >= 4 is 5.91 Å². The van der Waals surface area contributed by atoms with Gasteiger partial charge in [-0.3, -0.25) is 9.69 Å². The molecule has 0 unspecified atom stereocenters. The van der Waals surface area contributed by atoms with Crippen molar-refractivity contribution in [3.63, 3.8) is 0 Å². The zero-order valence-electron chi connectivity index (χ0n) is 14.5. The molecule has 2 heterocycles. The van der Waals surface area contributed by atoms with E-state index in [2.05, 4.69) is 41.0 Å². The van der Waals surface area contributed by atoms with E-state index < -0.39 is 0 Å². The van der Waals surface area contributed by atoms with E-state index in [1.807, 2.05) is 0 Å². The third-order valence-electron chi connectivity index (χ3n) is 5.30. The highest BCUT2D eigenvalue weighted by molar-refractivity contribution is 5.79. The third kappa shape index (κ3) is 4.57. The lowest BCUT2D eigenvalue weighted by Crippen LogP contribution is -2.44. The maximum Gasteiger partial charge on any atom is 0.226 e.